The summed E-state index contributed by atoms with van der Waals surface area (Å²) >= 11 is 0. The third kappa shape index (κ3) is 2.61. The van der Waals surface area contributed by atoms with E-state index in [1.54, 1.807) is 0 Å². The van der Waals surface area contributed by atoms with Crippen molar-refractivity contribution in [3.8, 4) is 0 Å². The van der Waals surface area contributed by atoms with Crippen molar-refractivity contribution in [1.29, 1.82) is 0 Å². The summed E-state index contributed by atoms with van der Waals surface area (Å²) in [6, 6.07) is 21.2. The van der Waals surface area contributed by atoms with Crippen LogP contribution in [0.25, 0.3) is 11.0 Å². The number of nitrogens with one attached hydrogen (secondary N) is 1. The Bertz CT molecular complexity index is 654. The zero-order chi connectivity index (χ0) is 13.9. The molecule has 0 aliphatic rings. The molecule has 0 aliphatic carbocycles. The van der Waals surface area contributed by atoms with Crippen molar-refractivity contribution in [3.63, 3.8) is 0 Å². The van der Waals surface area contributed by atoms with E-state index in [2.05, 4.69) is 55.6 Å². The minimum atomic E-state index is 0.178. The number of furan rings is 1. The van der Waals surface area contributed by atoms with Gasteiger partial charge >= 0.3 is 0 Å². The molecule has 0 saturated carbocycles. The van der Waals surface area contributed by atoms with Gasteiger partial charge < -0.3 is 9.73 Å². The molecule has 3 aromatic rings. The molecule has 1 heterocycles. The maximum absolute atomic E-state index is 5.90. The fourth-order valence-electron chi connectivity index (χ4n) is 2.51. The molecular weight excluding hydrogens is 246 g/mol. The highest BCUT2D eigenvalue weighted by molar-refractivity contribution is 5.77. The van der Waals surface area contributed by atoms with Crippen LogP contribution in [-0.4, -0.2) is 0 Å². The maximum atomic E-state index is 5.90. The zero-order valence-electron chi connectivity index (χ0n) is 11.8. The molecule has 20 heavy (non-hydrogen) atoms. The van der Waals surface area contributed by atoms with Crippen LogP contribution in [0.1, 0.15) is 37.3 Å². The quantitative estimate of drug-likeness (QED) is 0.730. The van der Waals surface area contributed by atoms with Crippen LogP contribution in [0.15, 0.2) is 65.1 Å². The average Bonchev–Trinajstić information content (AvgIpc) is 2.92. The van der Waals surface area contributed by atoms with Crippen LogP contribution >= 0.6 is 0 Å². The Balaban J connectivity index is 1.77. The first kappa shape index (κ1) is 12.9. The number of rotatable bonds is 4. The summed E-state index contributed by atoms with van der Waals surface area (Å²) in [5, 5.41) is 4.74. The molecule has 0 spiro atoms. The molecule has 0 fully saturated rings. The third-order valence-corrected chi connectivity index (χ3v) is 3.67. The summed E-state index contributed by atoms with van der Waals surface area (Å²) in [5.41, 5.74) is 2.24. The summed E-state index contributed by atoms with van der Waals surface area (Å²) in [4.78, 5) is 0. The fourth-order valence-corrected chi connectivity index (χ4v) is 2.51. The van der Waals surface area contributed by atoms with E-state index in [-0.39, 0.29) is 6.04 Å². The average molecular weight is 265 g/mol. The van der Waals surface area contributed by atoms with Gasteiger partial charge in [-0.3, -0.25) is 0 Å². The molecule has 2 aromatic carbocycles. The van der Waals surface area contributed by atoms with Crippen molar-refractivity contribution in [2.75, 3.05) is 0 Å². The Hall–Kier alpha value is -2.06. The van der Waals surface area contributed by atoms with E-state index in [0.717, 1.165) is 16.7 Å². The minimum absolute atomic E-state index is 0.178. The highest BCUT2D eigenvalue weighted by atomic mass is 16.3. The normalized spacial score (nSPS) is 14.3. The number of hydrogen-bond acceptors (Lipinski definition) is 2. The Morgan fingerprint density at radius 1 is 0.850 bits per heavy atom. The van der Waals surface area contributed by atoms with Gasteiger partial charge in [0.2, 0.25) is 0 Å². The van der Waals surface area contributed by atoms with E-state index >= 15 is 0 Å². The van der Waals surface area contributed by atoms with Crippen LogP contribution in [0.3, 0.4) is 0 Å². The minimum Gasteiger partial charge on any atom is -0.459 e. The van der Waals surface area contributed by atoms with E-state index in [9.17, 15) is 0 Å². The van der Waals surface area contributed by atoms with Gasteiger partial charge in [-0.1, -0.05) is 48.5 Å². The van der Waals surface area contributed by atoms with Gasteiger partial charge in [-0.2, -0.15) is 0 Å². The predicted octanol–water partition coefficient (Wildman–Crippen LogP) is 4.84. The van der Waals surface area contributed by atoms with E-state index in [1.807, 2.05) is 24.3 Å². The lowest BCUT2D eigenvalue weighted by Crippen LogP contribution is -2.22. The molecule has 0 aliphatic heterocycles. The van der Waals surface area contributed by atoms with E-state index in [0.29, 0.717) is 6.04 Å². The zero-order valence-corrected chi connectivity index (χ0v) is 11.8. The second-order valence-electron chi connectivity index (χ2n) is 5.21. The Morgan fingerprint density at radius 3 is 2.30 bits per heavy atom. The first-order valence-electron chi connectivity index (χ1n) is 7.03. The largest absolute Gasteiger partial charge is 0.459 e. The number of fused-ring (bicyclic) bond motifs is 1. The van der Waals surface area contributed by atoms with E-state index in [1.165, 1.54) is 5.56 Å². The molecule has 2 atom stereocenters. The van der Waals surface area contributed by atoms with Crippen molar-refractivity contribution in [1.82, 2.24) is 5.32 Å². The van der Waals surface area contributed by atoms with Gasteiger partial charge in [0, 0.05) is 11.4 Å². The van der Waals surface area contributed by atoms with Crippen molar-refractivity contribution >= 4 is 11.0 Å². The Morgan fingerprint density at radius 2 is 1.55 bits per heavy atom. The van der Waals surface area contributed by atoms with Crippen molar-refractivity contribution < 1.29 is 4.42 Å². The molecule has 1 N–H and O–H groups in total. The van der Waals surface area contributed by atoms with Gasteiger partial charge in [-0.15, -0.1) is 0 Å². The van der Waals surface area contributed by atoms with Crippen LogP contribution in [0.5, 0.6) is 0 Å². The first-order chi connectivity index (χ1) is 9.74. The molecule has 0 bridgehead atoms. The summed E-state index contributed by atoms with van der Waals surface area (Å²) in [6.45, 7) is 4.31. The molecule has 102 valence electrons. The second kappa shape index (κ2) is 5.51. The van der Waals surface area contributed by atoms with Gasteiger partial charge in [-0.05, 0) is 31.5 Å². The van der Waals surface area contributed by atoms with Crippen LogP contribution in [0.2, 0.25) is 0 Å². The maximum Gasteiger partial charge on any atom is 0.134 e. The first-order valence-corrected chi connectivity index (χ1v) is 7.03. The van der Waals surface area contributed by atoms with Gasteiger partial charge in [0.05, 0.1) is 6.04 Å². The molecule has 0 radical (unpaired) electrons. The Kier molecular flexibility index (Phi) is 3.57. The molecule has 2 nitrogen and oxygen atoms in total. The van der Waals surface area contributed by atoms with Crippen molar-refractivity contribution in [2.24, 2.45) is 0 Å². The molecule has 3 rings (SSSR count). The summed E-state index contributed by atoms with van der Waals surface area (Å²) in [7, 11) is 0. The fraction of sp³-hybridized carbons (Fsp3) is 0.222. The van der Waals surface area contributed by atoms with Crippen LogP contribution < -0.4 is 5.32 Å². The highest BCUT2D eigenvalue weighted by Gasteiger charge is 2.14. The topological polar surface area (TPSA) is 25.2 Å². The highest BCUT2D eigenvalue weighted by Crippen LogP contribution is 2.25. The van der Waals surface area contributed by atoms with Crippen LogP contribution in [0.4, 0.5) is 0 Å². The van der Waals surface area contributed by atoms with E-state index < -0.39 is 0 Å². The molecule has 0 amide bonds. The van der Waals surface area contributed by atoms with E-state index in [4.69, 9.17) is 4.42 Å². The van der Waals surface area contributed by atoms with Crippen LogP contribution in [0, 0.1) is 0 Å². The van der Waals surface area contributed by atoms with Gasteiger partial charge in [0.15, 0.2) is 0 Å². The molecule has 1 aromatic heterocycles. The lowest BCUT2D eigenvalue weighted by atomic mass is 10.1. The smallest absolute Gasteiger partial charge is 0.134 e. The van der Waals surface area contributed by atoms with Gasteiger partial charge in [0.25, 0.3) is 0 Å². The Labute approximate surface area is 119 Å². The molecule has 2 heteroatoms. The summed E-state index contributed by atoms with van der Waals surface area (Å²) in [6.07, 6.45) is 0. The summed E-state index contributed by atoms with van der Waals surface area (Å²) < 4.78 is 5.90. The number of hydrogen-bond donors (Lipinski definition) is 1. The lowest BCUT2D eigenvalue weighted by Gasteiger charge is -2.18. The standard InChI is InChI=1S/C18H19NO/c1-13(15-8-4-3-5-9-15)19-14(2)18-12-16-10-6-7-11-17(16)20-18/h3-14,19H,1-2H3/t13-,14?/m1/s1. The van der Waals surface area contributed by atoms with Crippen molar-refractivity contribution in [2.45, 2.75) is 25.9 Å². The molecular formula is C18H19NO. The van der Waals surface area contributed by atoms with Gasteiger partial charge in [-0.25, -0.2) is 0 Å². The molecule has 1 unspecified atom stereocenters. The lowest BCUT2D eigenvalue weighted by molar-refractivity contribution is 0.417. The van der Waals surface area contributed by atoms with Gasteiger partial charge in [0.1, 0.15) is 11.3 Å². The number of para-hydroxylation sites is 1. The second-order valence-corrected chi connectivity index (χ2v) is 5.21. The predicted molar refractivity (Wildman–Crippen MR) is 82.6 cm³/mol. The third-order valence-electron chi connectivity index (χ3n) is 3.67. The van der Waals surface area contributed by atoms with Crippen molar-refractivity contribution in [3.05, 3.63) is 72.0 Å². The monoisotopic (exact) mass is 265 g/mol. The SMILES string of the molecule is CC(N[C@H](C)c1ccccc1)c1cc2ccccc2o1. The number of benzene rings is 2. The molecule has 0 saturated heterocycles. The summed E-state index contributed by atoms with van der Waals surface area (Å²) in [5.74, 6) is 0.981. The van der Waals surface area contributed by atoms with Crippen LogP contribution in [-0.2, 0) is 0 Å².